The van der Waals surface area contributed by atoms with Crippen molar-refractivity contribution in [2.24, 2.45) is 0 Å². The molecule has 1 aliphatic rings. The predicted molar refractivity (Wildman–Crippen MR) is 70.4 cm³/mol. The average Bonchev–Trinajstić information content (AvgIpc) is 2.82. The molecule has 0 saturated carbocycles. The molecule has 2 aromatic rings. The third-order valence-corrected chi connectivity index (χ3v) is 3.70. The highest BCUT2D eigenvalue weighted by molar-refractivity contribution is 6.30. The number of piperazine rings is 1. The Hall–Kier alpha value is -1.89. The smallest absolute Gasteiger partial charge is 0.255 e. The zero-order valence-electron chi connectivity index (χ0n) is 10.7. The lowest BCUT2D eigenvalue weighted by Crippen LogP contribution is -2.49. The highest BCUT2D eigenvalue weighted by Crippen LogP contribution is 2.26. The average molecular weight is 281 g/mol. The Balaban J connectivity index is 2.11. The third-order valence-electron chi connectivity index (χ3n) is 3.33. The summed E-state index contributed by atoms with van der Waals surface area (Å²) >= 11 is 6.12. The quantitative estimate of drug-likeness (QED) is 0.706. The maximum absolute atomic E-state index is 11.8. The van der Waals surface area contributed by atoms with E-state index in [9.17, 15) is 4.79 Å². The van der Waals surface area contributed by atoms with Gasteiger partial charge in [-0.15, -0.1) is 0 Å². The minimum atomic E-state index is 0.0758. The van der Waals surface area contributed by atoms with E-state index in [0.717, 1.165) is 17.9 Å². The molecule has 0 aliphatic carbocycles. The van der Waals surface area contributed by atoms with Crippen LogP contribution in [0.3, 0.4) is 0 Å². The number of carbonyl (C=O) groups is 1. The SMILES string of the molecule is Cc1c(Cl)nc2ncnn2c1N1CCN(C)C(=O)C1. The number of hydrogen-bond donors (Lipinski definition) is 0. The van der Waals surface area contributed by atoms with Crippen molar-refractivity contribution < 1.29 is 4.79 Å². The molecule has 7 nitrogen and oxygen atoms in total. The summed E-state index contributed by atoms with van der Waals surface area (Å²) in [5, 5.41) is 4.55. The van der Waals surface area contributed by atoms with E-state index in [1.165, 1.54) is 6.33 Å². The predicted octanol–water partition coefficient (Wildman–Crippen LogP) is 0.365. The van der Waals surface area contributed by atoms with Crippen LogP contribution in [0.25, 0.3) is 5.78 Å². The highest BCUT2D eigenvalue weighted by atomic mass is 35.5. The molecule has 0 N–H and O–H groups in total. The summed E-state index contributed by atoms with van der Waals surface area (Å²) in [7, 11) is 1.80. The van der Waals surface area contributed by atoms with Gasteiger partial charge in [-0.3, -0.25) is 4.79 Å². The van der Waals surface area contributed by atoms with Gasteiger partial charge in [0.2, 0.25) is 5.91 Å². The van der Waals surface area contributed by atoms with Crippen LogP contribution in [0.5, 0.6) is 0 Å². The minimum absolute atomic E-state index is 0.0758. The molecule has 0 bridgehead atoms. The van der Waals surface area contributed by atoms with Crippen molar-refractivity contribution in [3.8, 4) is 0 Å². The molecule has 1 amide bonds. The van der Waals surface area contributed by atoms with Crippen molar-refractivity contribution in [1.82, 2.24) is 24.5 Å². The number of aromatic nitrogens is 4. The molecule has 19 heavy (non-hydrogen) atoms. The fourth-order valence-corrected chi connectivity index (χ4v) is 2.35. The lowest BCUT2D eigenvalue weighted by atomic mass is 10.2. The maximum Gasteiger partial charge on any atom is 0.255 e. The molecule has 3 rings (SSSR count). The van der Waals surface area contributed by atoms with Crippen LogP contribution < -0.4 is 4.90 Å². The molecule has 0 unspecified atom stereocenters. The fourth-order valence-electron chi connectivity index (χ4n) is 2.19. The topological polar surface area (TPSA) is 66.6 Å². The first-order chi connectivity index (χ1) is 9.08. The molecule has 8 heteroatoms. The van der Waals surface area contributed by atoms with E-state index in [4.69, 9.17) is 11.6 Å². The Morgan fingerprint density at radius 1 is 1.37 bits per heavy atom. The number of halogens is 1. The Labute approximate surface area is 114 Å². The molecule has 0 spiro atoms. The largest absolute Gasteiger partial charge is 0.345 e. The summed E-state index contributed by atoms with van der Waals surface area (Å²) < 4.78 is 1.62. The lowest BCUT2D eigenvalue weighted by Gasteiger charge is -2.34. The summed E-state index contributed by atoms with van der Waals surface area (Å²) in [5.74, 6) is 1.30. The Morgan fingerprint density at radius 3 is 2.89 bits per heavy atom. The van der Waals surface area contributed by atoms with Crippen molar-refractivity contribution in [3.63, 3.8) is 0 Å². The molecule has 3 heterocycles. The Morgan fingerprint density at radius 2 is 2.16 bits per heavy atom. The molecule has 2 aromatic heterocycles. The van der Waals surface area contributed by atoms with Crippen molar-refractivity contribution in [3.05, 3.63) is 17.0 Å². The van der Waals surface area contributed by atoms with Crippen molar-refractivity contribution in [2.45, 2.75) is 6.92 Å². The number of nitrogens with zero attached hydrogens (tertiary/aromatic N) is 6. The normalized spacial score (nSPS) is 16.5. The van der Waals surface area contributed by atoms with Crippen LogP contribution in [0.15, 0.2) is 6.33 Å². The molecule has 0 aromatic carbocycles. The molecule has 1 aliphatic heterocycles. The van der Waals surface area contributed by atoms with Gasteiger partial charge in [-0.25, -0.2) is 0 Å². The Kier molecular flexibility index (Phi) is 2.78. The van der Waals surface area contributed by atoms with Gasteiger partial charge in [0.15, 0.2) is 0 Å². The van der Waals surface area contributed by atoms with Crippen LogP contribution in [-0.2, 0) is 4.79 Å². The van der Waals surface area contributed by atoms with Gasteiger partial charge in [-0.05, 0) is 6.92 Å². The van der Waals surface area contributed by atoms with Gasteiger partial charge in [0.1, 0.15) is 17.3 Å². The highest BCUT2D eigenvalue weighted by Gasteiger charge is 2.25. The third kappa shape index (κ3) is 1.90. The number of hydrogen-bond acceptors (Lipinski definition) is 5. The van der Waals surface area contributed by atoms with Gasteiger partial charge in [-0.2, -0.15) is 19.6 Å². The van der Waals surface area contributed by atoms with Gasteiger partial charge in [0.25, 0.3) is 5.78 Å². The van der Waals surface area contributed by atoms with Crippen molar-refractivity contribution >= 4 is 29.1 Å². The molecule has 0 radical (unpaired) electrons. The second-order valence-corrected chi connectivity index (χ2v) is 4.92. The van der Waals surface area contributed by atoms with Crippen LogP contribution >= 0.6 is 11.6 Å². The van der Waals surface area contributed by atoms with Crippen LogP contribution in [0.1, 0.15) is 5.56 Å². The second kappa shape index (κ2) is 4.34. The van der Waals surface area contributed by atoms with E-state index in [1.807, 2.05) is 11.8 Å². The van der Waals surface area contributed by atoms with Gasteiger partial charge in [0.05, 0.1) is 6.54 Å². The van der Waals surface area contributed by atoms with Gasteiger partial charge in [0, 0.05) is 25.7 Å². The van der Waals surface area contributed by atoms with Crippen LogP contribution in [0.2, 0.25) is 5.15 Å². The summed E-state index contributed by atoms with van der Waals surface area (Å²) in [5.41, 5.74) is 0.803. The number of fused-ring (bicyclic) bond motifs is 1. The number of likely N-dealkylation sites (N-methyl/N-ethyl adjacent to an activating group) is 1. The van der Waals surface area contributed by atoms with Gasteiger partial charge >= 0.3 is 0 Å². The molecule has 1 fully saturated rings. The van der Waals surface area contributed by atoms with Crippen LogP contribution in [-0.4, -0.2) is 57.1 Å². The second-order valence-electron chi connectivity index (χ2n) is 4.56. The van der Waals surface area contributed by atoms with Gasteiger partial charge < -0.3 is 9.80 Å². The van der Waals surface area contributed by atoms with E-state index in [-0.39, 0.29) is 5.91 Å². The van der Waals surface area contributed by atoms with E-state index in [2.05, 4.69) is 15.1 Å². The van der Waals surface area contributed by atoms with Crippen molar-refractivity contribution in [1.29, 1.82) is 0 Å². The van der Waals surface area contributed by atoms with Crippen LogP contribution in [0, 0.1) is 6.92 Å². The number of amides is 1. The van der Waals surface area contributed by atoms with E-state index in [1.54, 1.807) is 16.5 Å². The standard InChI is InChI=1S/C11H13ClN6O/c1-7-9(12)15-11-13-6-14-18(11)10(7)17-4-3-16(2)8(19)5-17/h6H,3-5H2,1-2H3. The number of rotatable bonds is 1. The van der Waals surface area contributed by atoms with Crippen LogP contribution in [0.4, 0.5) is 5.82 Å². The molecule has 0 atom stereocenters. The molecule has 100 valence electrons. The fraction of sp³-hybridized carbons (Fsp3) is 0.455. The zero-order valence-corrected chi connectivity index (χ0v) is 11.4. The lowest BCUT2D eigenvalue weighted by molar-refractivity contribution is -0.129. The van der Waals surface area contributed by atoms with Crippen molar-refractivity contribution in [2.75, 3.05) is 31.6 Å². The first-order valence-corrected chi connectivity index (χ1v) is 6.30. The molecule has 1 saturated heterocycles. The monoisotopic (exact) mass is 280 g/mol. The van der Waals surface area contributed by atoms with E-state index in [0.29, 0.717) is 24.0 Å². The zero-order chi connectivity index (χ0) is 13.6. The number of carbonyl (C=O) groups excluding carboxylic acids is 1. The minimum Gasteiger partial charge on any atom is -0.345 e. The maximum atomic E-state index is 11.8. The summed E-state index contributed by atoms with van der Waals surface area (Å²) in [6.07, 6.45) is 1.43. The Bertz CT molecular complexity index is 654. The first kappa shape index (κ1) is 12.2. The summed E-state index contributed by atoms with van der Waals surface area (Å²) in [4.78, 5) is 23.7. The number of anilines is 1. The van der Waals surface area contributed by atoms with E-state index < -0.39 is 0 Å². The molecular formula is C11H13ClN6O. The summed E-state index contributed by atoms with van der Waals surface area (Å²) in [6.45, 7) is 3.59. The summed E-state index contributed by atoms with van der Waals surface area (Å²) in [6, 6.07) is 0. The van der Waals surface area contributed by atoms with Gasteiger partial charge in [-0.1, -0.05) is 11.6 Å². The van der Waals surface area contributed by atoms with E-state index >= 15 is 0 Å². The molecular weight excluding hydrogens is 268 g/mol. The first-order valence-electron chi connectivity index (χ1n) is 5.92.